The molecule has 1 aliphatic heterocycles. The number of hydrogen-bond donors (Lipinski definition) is 2. The highest BCUT2D eigenvalue weighted by Crippen LogP contribution is 2.25. The molecule has 1 aliphatic rings. The number of nitrogens with zero attached hydrogens (tertiary/aromatic N) is 2. The van der Waals surface area contributed by atoms with Crippen molar-refractivity contribution in [2.24, 2.45) is 5.92 Å². The smallest absolute Gasteiger partial charge is 0.243 e. The summed E-state index contributed by atoms with van der Waals surface area (Å²) in [6, 6.07) is 10.8. The molecule has 1 fully saturated rings. The number of hydrogen-bond acceptors (Lipinski definition) is 6. The molecule has 0 radical (unpaired) electrons. The average Bonchev–Trinajstić information content (AvgIpc) is 2.83. The Morgan fingerprint density at radius 3 is 2.62 bits per heavy atom. The third kappa shape index (κ3) is 5.83. The molecule has 10 heteroatoms. The van der Waals surface area contributed by atoms with Crippen LogP contribution in [0.1, 0.15) is 25.5 Å². The number of ether oxygens (including phenoxy) is 1. The first-order valence-electron chi connectivity index (χ1n) is 10.4. The van der Waals surface area contributed by atoms with Crippen LogP contribution in [0.2, 0.25) is 0 Å². The Bertz CT molecular complexity index is 1030. The molecule has 9 nitrogen and oxygen atoms in total. The molecule has 0 spiro atoms. The SMILES string of the molecule is COc1ccc(S(=O)(=O)N2CCCC(C(=O)NC(C)C(=O)NCc3ccccn3)C2)cc1. The number of carbonyl (C=O) groups is 2. The lowest BCUT2D eigenvalue weighted by molar-refractivity contribution is -0.131. The van der Waals surface area contributed by atoms with E-state index >= 15 is 0 Å². The molecule has 2 heterocycles. The summed E-state index contributed by atoms with van der Waals surface area (Å²) in [6.07, 6.45) is 2.76. The molecule has 1 aromatic carbocycles. The van der Waals surface area contributed by atoms with Crippen molar-refractivity contribution in [2.45, 2.75) is 37.2 Å². The number of aromatic nitrogens is 1. The number of piperidine rings is 1. The summed E-state index contributed by atoms with van der Waals surface area (Å²) in [4.78, 5) is 29.4. The van der Waals surface area contributed by atoms with Crippen LogP contribution >= 0.6 is 0 Å². The minimum atomic E-state index is -3.73. The predicted molar refractivity (Wildman–Crippen MR) is 118 cm³/mol. The molecule has 32 heavy (non-hydrogen) atoms. The standard InChI is InChI=1S/C22H28N4O5S/c1-16(21(27)24-14-18-7-3-4-12-23-18)25-22(28)17-6-5-13-26(15-17)32(29,30)20-10-8-19(31-2)9-11-20/h3-4,7-12,16-17H,5-6,13-15H2,1-2H3,(H,24,27)(H,25,28). The van der Waals surface area contributed by atoms with E-state index in [1.54, 1.807) is 37.4 Å². The van der Waals surface area contributed by atoms with Crippen LogP contribution in [0, 0.1) is 5.92 Å². The van der Waals surface area contributed by atoms with Crippen LogP contribution in [-0.2, 0) is 26.2 Å². The monoisotopic (exact) mass is 460 g/mol. The first-order valence-corrected chi connectivity index (χ1v) is 11.9. The molecule has 1 aromatic heterocycles. The van der Waals surface area contributed by atoms with Crippen molar-refractivity contribution < 1.29 is 22.7 Å². The zero-order valence-corrected chi connectivity index (χ0v) is 19.0. The van der Waals surface area contributed by atoms with Gasteiger partial charge in [-0.3, -0.25) is 14.6 Å². The van der Waals surface area contributed by atoms with Crippen LogP contribution in [0.4, 0.5) is 0 Å². The van der Waals surface area contributed by atoms with E-state index < -0.39 is 22.0 Å². The largest absolute Gasteiger partial charge is 0.497 e. The van der Waals surface area contributed by atoms with Crippen molar-refractivity contribution in [1.82, 2.24) is 19.9 Å². The van der Waals surface area contributed by atoms with Crippen LogP contribution in [-0.4, -0.2) is 55.8 Å². The van der Waals surface area contributed by atoms with Gasteiger partial charge < -0.3 is 15.4 Å². The zero-order valence-electron chi connectivity index (χ0n) is 18.2. The number of carbonyl (C=O) groups excluding carboxylic acids is 2. The molecule has 2 unspecified atom stereocenters. The summed E-state index contributed by atoms with van der Waals surface area (Å²) in [6.45, 7) is 2.28. The molecule has 3 rings (SSSR count). The van der Waals surface area contributed by atoms with Gasteiger partial charge in [-0.05, 0) is 56.2 Å². The number of pyridine rings is 1. The lowest BCUT2D eigenvalue weighted by Gasteiger charge is -2.31. The normalized spacial score (nSPS) is 17.9. The van der Waals surface area contributed by atoms with Gasteiger partial charge in [-0.1, -0.05) is 6.07 Å². The van der Waals surface area contributed by atoms with Gasteiger partial charge in [-0.25, -0.2) is 8.42 Å². The Hall–Kier alpha value is -2.98. The number of methoxy groups -OCH3 is 1. The van der Waals surface area contributed by atoms with Crippen LogP contribution in [0.25, 0.3) is 0 Å². The van der Waals surface area contributed by atoms with Crippen LogP contribution in [0.5, 0.6) is 5.75 Å². The molecule has 0 aliphatic carbocycles. The fourth-order valence-electron chi connectivity index (χ4n) is 3.50. The number of benzene rings is 1. The van der Waals surface area contributed by atoms with Gasteiger partial charge in [0.25, 0.3) is 0 Å². The third-order valence-electron chi connectivity index (χ3n) is 5.37. The topological polar surface area (TPSA) is 118 Å². The zero-order chi connectivity index (χ0) is 23.1. The molecule has 172 valence electrons. The Morgan fingerprint density at radius 1 is 1.22 bits per heavy atom. The minimum absolute atomic E-state index is 0.0719. The van der Waals surface area contributed by atoms with Crippen molar-refractivity contribution in [3.8, 4) is 5.75 Å². The lowest BCUT2D eigenvalue weighted by Crippen LogP contribution is -2.50. The van der Waals surface area contributed by atoms with E-state index in [-0.39, 0.29) is 29.8 Å². The van der Waals surface area contributed by atoms with E-state index in [2.05, 4.69) is 15.6 Å². The summed E-state index contributed by atoms with van der Waals surface area (Å²) >= 11 is 0. The molecule has 2 aromatic rings. The highest BCUT2D eigenvalue weighted by atomic mass is 32.2. The molecule has 0 saturated carbocycles. The summed E-state index contributed by atoms with van der Waals surface area (Å²) in [5.41, 5.74) is 0.714. The van der Waals surface area contributed by atoms with Crippen molar-refractivity contribution in [3.63, 3.8) is 0 Å². The van der Waals surface area contributed by atoms with Crippen LogP contribution in [0.15, 0.2) is 53.6 Å². The van der Waals surface area contributed by atoms with Crippen LogP contribution in [0.3, 0.4) is 0 Å². The van der Waals surface area contributed by atoms with Crippen molar-refractivity contribution in [1.29, 1.82) is 0 Å². The summed E-state index contributed by atoms with van der Waals surface area (Å²) in [7, 11) is -2.21. The van der Waals surface area contributed by atoms with Gasteiger partial charge in [0.15, 0.2) is 0 Å². The van der Waals surface area contributed by atoms with Crippen LogP contribution < -0.4 is 15.4 Å². The molecule has 2 amide bonds. The fourth-order valence-corrected chi connectivity index (χ4v) is 5.03. The van der Waals surface area contributed by atoms with E-state index in [9.17, 15) is 18.0 Å². The Morgan fingerprint density at radius 2 is 1.97 bits per heavy atom. The van der Waals surface area contributed by atoms with Crippen molar-refractivity contribution >= 4 is 21.8 Å². The second-order valence-corrected chi connectivity index (χ2v) is 9.58. The Balaban J connectivity index is 1.56. The molecular weight excluding hydrogens is 432 g/mol. The first kappa shape index (κ1) is 23.7. The predicted octanol–water partition coefficient (Wildman–Crippen LogP) is 1.31. The van der Waals surface area contributed by atoms with Gasteiger partial charge in [0.2, 0.25) is 21.8 Å². The second kappa shape index (κ2) is 10.6. The highest BCUT2D eigenvalue weighted by Gasteiger charge is 2.34. The Labute approximate surface area is 188 Å². The molecule has 1 saturated heterocycles. The molecular formula is C22H28N4O5S. The van der Waals surface area contributed by atoms with Crippen molar-refractivity contribution in [3.05, 3.63) is 54.4 Å². The maximum absolute atomic E-state index is 13.0. The number of sulfonamides is 1. The summed E-state index contributed by atoms with van der Waals surface area (Å²) in [5.74, 6) is -0.624. The van der Waals surface area contributed by atoms with E-state index in [4.69, 9.17) is 4.74 Å². The third-order valence-corrected chi connectivity index (χ3v) is 7.25. The Kier molecular flexibility index (Phi) is 7.81. The quantitative estimate of drug-likeness (QED) is 0.613. The van der Waals surface area contributed by atoms with E-state index in [1.165, 1.54) is 23.5 Å². The second-order valence-electron chi connectivity index (χ2n) is 7.65. The first-order chi connectivity index (χ1) is 15.3. The van der Waals surface area contributed by atoms with E-state index in [0.29, 0.717) is 30.8 Å². The van der Waals surface area contributed by atoms with E-state index in [0.717, 1.165) is 0 Å². The number of amides is 2. The summed E-state index contributed by atoms with van der Waals surface area (Å²) < 4.78 is 32.4. The van der Waals surface area contributed by atoms with Gasteiger partial charge in [0, 0.05) is 19.3 Å². The van der Waals surface area contributed by atoms with Gasteiger partial charge in [0.05, 0.1) is 30.2 Å². The number of nitrogens with one attached hydrogen (secondary N) is 2. The van der Waals surface area contributed by atoms with E-state index in [1.807, 2.05) is 6.07 Å². The van der Waals surface area contributed by atoms with Crippen molar-refractivity contribution in [2.75, 3.05) is 20.2 Å². The van der Waals surface area contributed by atoms with Gasteiger partial charge >= 0.3 is 0 Å². The fraction of sp³-hybridized carbons (Fsp3) is 0.409. The maximum atomic E-state index is 13.0. The summed E-state index contributed by atoms with van der Waals surface area (Å²) in [5, 5.41) is 5.44. The maximum Gasteiger partial charge on any atom is 0.243 e. The molecule has 2 atom stereocenters. The molecule has 2 N–H and O–H groups in total. The van der Waals surface area contributed by atoms with Gasteiger partial charge in [-0.2, -0.15) is 4.31 Å². The number of rotatable bonds is 8. The average molecular weight is 461 g/mol. The molecule has 0 bridgehead atoms. The highest BCUT2D eigenvalue weighted by molar-refractivity contribution is 7.89. The van der Waals surface area contributed by atoms with Gasteiger partial charge in [0.1, 0.15) is 11.8 Å². The lowest BCUT2D eigenvalue weighted by atomic mass is 9.98. The van der Waals surface area contributed by atoms with Gasteiger partial charge in [-0.15, -0.1) is 0 Å². The minimum Gasteiger partial charge on any atom is -0.497 e.